The standard InChI is InChI=1S/C40H42N4O/c1-24(2)30-17-18-41-38(21-30)43-36-14-9-8-13-34(36)35-16-15-33(23-37(35)43)45-32-12-10-11-31(22-32)44-29(7)40(28(6)42-44)39-26(4)19-25(3)20-27(39)5/h8-19,21-25,27,39H,20H2,1-7H3/t25?,27-,39+/m0/s1. The lowest BCUT2D eigenvalue weighted by atomic mass is 9.72. The highest BCUT2D eigenvalue weighted by Crippen LogP contribution is 2.43. The van der Waals surface area contributed by atoms with Gasteiger partial charge < -0.3 is 4.74 Å². The van der Waals surface area contributed by atoms with E-state index >= 15 is 0 Å². The topological polar surface area (TPSA) is 44.9 Å². The molecule has 0 bridgehead atoms. The number of para-hydroxylation sites is 1. The molecule has 45 heavy (non-hydrogen) atoms. The van der Waals surface area contributed by atoms with E-state index in [1.807, 2.05) is 18.3 Å². The molecule has 0 saturated carbocycles. The van der Waals surface area contributed by atoms with E-state index < -0.39 is 0 Å². The molecule has 0 spiro atoms. The number of ether oxygens (including phenoxy) is 1. The van der Waals surface area contributed by atoms with Crippen molar-refractivity contribution < 1.29 is 4.74 Å². The second kappa shape index (κ2) is 11.4. The lowest BCUT2D eigenvalue weighted by Gasteiger charge is -2.32. The molecule has 6 aromatic rings. The van der Waals surface area contributed by atoms with Crippen molar-refractivity contribution in [1.82, 2.24) is 19.3 Å². The van der Waals surface area contributed by atoms with Gasteiger partial charge >= 0.3 is 0 Å². The summed E-state index contributed by atoms with van der Waals surface area (Å²) in [7, 11) is 0. The summed E-state index contributed by atoms with van der Waals surface area (Å²) >= 11 is 0. The van der Waals surface area contributed by atoms with Crippen LogP contribution in [0.5, 0.6) is 11.5 Å². The zero-order chi connectivity index (χ0) is 31.4. The predicted octanol–water partition coefficient (Wildman–Crippen LogP) is 10.6. The fourth-order valence-corrected chi connectivity index (χ4v) is 7.65. The van der Waals surface area contributed by atoms with Crippen LogP contribution in [-0.4, -0.2) is 19.3 Å². The first-order valence-electron chi connectivity index (χ1n) is 16.2. The Bertz CT molecular complexity index is 2080. The van der Waals surface area contributed by atoms with Gasteiger partial charge in [0.05, 0.1) is 22.4 Å². The molecule has 0 aliphatic heterocycles. The van der Waals surface area contributed by atoms with Crippen molar-refractivity contribution in [2.45, 2.75) is 66.7 Å². The van der Waals surface area contributed by atoms with Crippen LogP contribution in [0.4, 0.5) is 0 Å². The van der Waals surface area contributed by atoms with E-state index in [9.17, 15) is 0 Å². The Kier molecular flexibility index (Phi) is 7.35. The summed E-state index contributed by atoms with van der Waals surface area (Å²) in [5.74, 6) is 4.51. The quantitative estimate of drug-likeness (QED) is 0.180. The van der Waals surface area contributed by atoms with Crippen molar-refractivity contribution in [2.24, 2.45) is 11.8 Å². The van der Waals surface area contributed by atoms with Crippen molar-refractivity contribution in [3.63, 3.8) is 0 Å². The van der Waals surface area contributed by atoms with Gasteiger partial charge in [-0.1, -0.05) is 63.6 Å². The van der Waals surface area contributed by atoms with Gasteiger partial charge in [-0.3, -0.25) is 4.57 Å². The molecule has 1 unspecified atom stereocenters. The van der Waals surface area contributed by atoms with Crippen LogP contribution in [0.3, 0.4) is 0 Å². The van der Waals surface area contributed by atoms with Crippen LogP contribution < -0.4 is 4.74 Å². The van der Waals surface area contributed by atoms with Gasteiger partial charge in [0.15, 0.2) is 0 Å². The highest BCUT2D eigenvalue weighted by atomic mass is 16.5. The van der Waals surface area contributed by atoms with Crippen LogP contribution in [0.15, 0.2) is 96.7 Å². The van der Waals surface area contributed by atoms with Gasteiger partial charge in [-0.25, -0.2) is 9.67 Å². The van der Waals surface area contributed by atoms with E-state index in [4.69, 9.17) is 14.8 Å². The maximum absolute atomic E-state index is 6.55. The number of allylic oxidation sites excluding steroid dienone is 2. The molecule has 0 fully saturated rings. The number of hydrogen-bond donors (Lipinski definition) is 0. The zero-order valence-corrected chi connectivity index (χ0v) is 27.4. The van der Waals surface area contributed by atoms with E-state index in [-0.39, 0.29) is 0 Å². The zero-order valence-electron chi connectivity index (χ0n) is 27.4. The second-order valence-electron chi connectivity index (χ2n) is 13.3. The summed E-state index contributed by atoms with van der Waals surface area (Å²) in [6, 6.07) is 27.4. The molecule has 3 aromatic heterocycles. The molecule has 1 aliphatic carbocycles. The molecule has 3 aromatic carbocycles. The van der Waals surface area contributed by atoms with E-state index in [0.717, 1.165) is 39.7 Å². The highest BCUT2D eigenvalue weighted by Gasteiger charge is 2.31. The number of aromatic nitrogens is 4. The first kappa shape index (κ1) is 29.1. The first-order valence-corrected chi connectivity index (χ1v) is 16.2. The SMILES string of the molecule is CC1=CC(C)C[C@H](C)[C@@H]1c1c(C)nn(-c2cccc(Oc3ccc4c5ccccc5n(-c5cc(C(C)C)ccn5)c4c3)c2)c1C. The fraction of sp³-hybridized carbons (Fsp3) is 0.300. The summed E-state index contributed by atoms with van der Waals surface area (Å²) in [6.07, 6.45) is 5.56. The molecule has 0 N–H and O–H groups in total. The number of pyridine rings is 1. The minimum Gasteiger partial charge on any atom is -0.457 e. The number of fused-ring (bicyclic) bond motifs is 3. The second-order valence-corrected chi connectivity index (χ2v) is 13.3. The molecular formula is C40H42N4O. The summed E-state index contributed by atoms with van der Waals surface area (Å²) in [5.41, 5.74) is 9.60. The lowest BCUT2D eigenvalue weighted by Crippen LogP contribution is -2.20. The normalized spacial score (nSPS) is 18.6. The molecule has 5 nitrogen and oxygen atoms in total. The van der Waals surface area contributed by atoms with Crippen molar-refractivity contribution in [2.75, 3.05) is 0 Å². The Labute approximate surface area is 266 Å². The van der Waals surface area contributed by atoms with Crippen molar-refractivity contribution in [3.05, 3.63) is 119 Å². The molecule has 0 radical (unpaired) electrons. The van der Waals surface area contributed by atoms with Gasteiger partial charge in [-0.15, -0.1) is 0 Å². The summed E-state index contributed by atoms with van der Waals surface area (Å²) in [5, 5.41) is 7.42. The smallest absolute Gasteiger partial charge is 0.137 e. The van der Waals surface area contributed by atoms with Crippen LogP contribution in [0, 0.1) is 25.7 Å². The van der Waals surface area contributed by atoms with E-state index in [2.05, 4.69) is 131 Å². The van der Waals surface area contributed by atoms with Gasteiger partial charge in [0.2, 0.25) is 0 Å². The number of rotatable bonds is 6. The van der Waals surface area contributed by atoms with E-state index in [1.165, 1.54) is 39.6 Å². The third-order valence-electron chi connectivity index (χ3n) is 9.62. The summed E-state index contributed by atoms with van der Waals surface area (Å²) in [6.45, 7) is 15.8. The number of hydrogen-bond acceptors (Lipinski definition) is 3. The van der Waals surface area contributed by atoms with Crippen LogP contribution in [0.2, 0.25) is 0 Å². The van der Waals surface area contributed by atoms with Crippen molar-refractivity contribution in [1.29, 1.82) is 0 Å². The minimum atomic E-state index is 0.406. The molecule has 3 heterocycles. The highest BCUT2D eigenvalue weighted by molar-refractivity contribution is 6.09. The molecular weight excluding hydrogens is 552 g/mol. The van der Waals surface area contributed by atoms with Gasteiger partial charge in [0.25, 0.3) is 0 Å². The molecule has 0 saturated heterocycles. The number of nitrogens with zero attached hydrogens (tertiary/aromatic N) is 4. The lowest BCUT2D eigenvalue weighted by molar-refractivity contribution is 0.390. The maximum atomic E-state index is 6.55. The average molecular weight is 595 g/mol. The van der Waals surface area contributed by atoms with Crippen molar-refractivity contribution in [3.8, 4) is 23.0 Å². The van der Waals surface area contributed by atoms with Crippen LogP contribution in [0.25, 0.3) is 33.3 Å². The largest absolute Gasteiger partial charge is 0.457 e. The van der Waals surface area contributed by atoms with E-state index in [1.54, 1.807) is 0 Å². The minimum absolute atomic E-state index is 0.406. The predicted molar refractivity (Wildman–Crippen MR) is 185 cm³/mol. The summed E-state index contributed by atoms with van der Waals surface area (Å²) < 4.78 is 10.9. The van der Waals surface area contributed by atoms with Crippen LogP contribution in [-0.2, 0) is 0 Å². The number of aryl methyl sites for hydroxylation is 1. The molecule has 228 valence electrons. The maximum Gasteiger partial charge on any atom is 0.137 e. The summed E-state index contributed by atoms with van der Waals surface area (Å²) in [4.78, 5) is 4.80. The first-order chi connectivity index (χ1) is 21.7. The van der Waals surface area contributed by atoms with Gasteiger partial charge in [0.1, 0.15) is 17.3 Å². The van der Waals surface area contributed by atoms with Crippen LogP contribution >= 0.6 is 0 Å². The van der Waals surface area contributed by atoms with Crippen molar-refractivity contribution >= 4 is 21.8 Å². The Balaban J connectivity index is 1.26. The molecule has 5 heteroatoms. The molecule has 0 amide bonds. The third-order valence-corrected chi connectivity index (χ3v) is 9.62. The average Bonchev–Trinajstić information content (AvgIpc) is 3.50. The Hall–Kier alpha value is -4.64. The van der Waals surface area contributed by atoms with E-state index in [0.29, 0.717) is 23.7 Å². The number of benzene rings is 3. The fourth-order valence-electron chi connectivity index (χ4n) is 7.65. The molecule has 3 atom stereocenters. The van der Waals surface area contributed by atoms with Gasteiger partial charge in [-0.2, -0.15) is 5.10 Å². The Morgan fingerprint density at radius 3 is 2.40 bits per heavy atom. The molecule has 1 aliphatic rings. The van der Waals surface area contributed by atoms with Gasteiger partial charge in [0, 0.05) is 46.3 Å². The molecule has 7 rings (SSSR count). The van der Waals surface area contributed by atoms with Gasteiger partial charge in [-0.05, 0) is 93.0 Å². The Morgan fingerprint density at radius 1 is 0.822 bits per heavy atom. The monoisotopic (exact) mass is 594 g/mol. The Morgan fingerprint density at radius 2 is 1.60 bits per heavy atom. The van der Waals surface area contributed by atoms with Crippen LogP contribution in [0.1, 0.15) is 75.4 Å². The third kappa shape index (κ3) is 5.14.